The van der Waals surface area contributed by atoms with Gasteiger partial charge < -0.3 is 21.1 Å². The number of benzene rings is 2. The lowest BCUT2D eigenvalue weighted by Gasteiger charge is -2.49. The van der Waals surface area contributed by atoms with Crippen LogP contribution in [0.15, 0.2) is 36.4 Å². The Labute approximate surface area is 259 Å². The number of nitrogens with one attached hydrogen (secondary N) is 2. The maximum absolute atomic E-state index is 15.2. The highest BCUT2D eigenvalue weighted by molar-refractivity contribution is 8.22. The largest absolute Gasteiger partial charge is 0.376 e. The number of amides is 1. The Hall–Kier alpha value is -1.83. The standard InChI is InChI=1S/C31H43ClF2N4O4S/c1-18-13-21(14-19(2)42-18)29(20-8-11-25(32)27(34)15-20)30(35)31(39)37-28-7-3-6-26(33)24(28)10-9-23-16-36-22-5-4-12-43(40,41)38(23)17-22/h3,6-8,11,15,18-19,21-23,29-30,36,40-41H,4-5,9-10,12-14,16-17,35H2,1-2H3,(H,37,39)/t18-,19?,21?,22-,23+,29+,30+/m1/s1. The molecule has 2 bridgehead atoms. The minimum atomic E-state index is -2.89. The second-order valence-electron chi connectivity index (χ2n) is 12.3. The van der Waals surface area contributed by atoms with E-state index in [1.165, 1.54) is 24.3 Å². The summed E-state index contributed by atoms with van der Waals surface area (Å²) in [7, 11) is -2.89. The van der Waals surface area contributed by atoms with Crippen molar-refractivity contribution in [3.8, 4) is 0 Å². The maximum Gasteiger partial charge on any atom is 0.241 e. The van der Waals surface area contributed by atoms with Gasteiger partial charge in [0.1, 0.15) is 11.6 Å². The molecule has 238 valence electrons. The van der Waals surface area contributed by atoms with E-state index in [1.54, 1.807) is 16.4 Å². The van der Waals surface area contributed by atoms with E-state index in [2.05, 4.69) is 10.6 Å². The quantitative estimate of drug-likeness (QED) is 0.243. The number of carbonyl (C=O) groups excluding carboxylic acids is 1. The normalized spacial score (nSPS) is 31.0. The van der Waals surface area contributed by atoms with Crippen molar-refractivity contribution >= 4 is 34.0 Å². The molecule has 3 aliphatic rings. The number of carbonyl (C=O) groups is 1. The zero-order valence-electron chi connectivity index (χ0n) is 24.6. The van der Waals surface area contributed by atoms with Gasteiger partial charge in [-0.25, -0.2) is 13.1 Å². The Morgan fingerprint density at radius 3 is 2.67 bits per heavy atom. The molecule has 0 aromatic heterocycles. The number of halogens is 3. The molecular formula is C31H43ClF2N4O4S. The summed E-state index contributed by atoms with van der Waals surface area (Å²) < 4.78 is 59.1. The highest BCUT2D eigenvalue weighted by Crippen LogP contribution is 2.49. The number of fused-ring (bicyclic) bond motifs is 2. The lowest BCUT2D eigenvalue weighted by Crippen LogP contribution is -2.55. The van der Waals surface area contributed by atoms with Crippen LogP contribution in [0.5, 0.6) is 0 Å². The summed E-state index contributed by atoms with van der Waals surface area (Å²) in [6.07, 6.45) is 3.57. The SMILES string of the molecule is CC1CC([C@H](c2ccc(Cl)c(F)c2)[C@H](N)C(=O)Nc2cccc(F)c2CC[C@H]2CN[C@@H]3CCCS(O)(O)N2C3)C[C@@H](C)O1. The van der Waals surface area contributed by atoms with Crippen molar-refractivity contribution in [2.75, 3.05) is 24.2 Å². The van der Waals surface area contributed by atoms with Gasteiger partial charge in [0.05, 0.1) is 29.0 Å². The van der Waals surface area contributed by atoms with Gasteiger partial charge in [0, 0.05) is 42.3 Å². The van der Waals surface area contributed by atoms with E-state index in [9.17, 15) is 18.3 Å². The van der Waals surface area contributed by atoms with Gasteiger partial charge >= 0.3 is 0 Å². The highest BCUT2D eigenvalue weighted by atomic mass is 35.5. The van der Waals surface area contributed by atoms with Crippen LogP contribution in [0.25, 0.3) is 0 Å². The van der Waals surface area contributed by atoms with E-state index in [-0.39, 0.29) is 41.7 Å². The fourth-order valence-corrected chi connectivity index (χ4v) is 9.12. The van der Waals surface area contributed by atoms with Crippen LogP contribution in [-0.4, -0.2) is 68.5 Å². The Kier molecular flexibility index (Phi) is 10.3. The summed E-state index contributed by atoms with van der Waals surface area (Å²) in [5.74, 6) is -1.78. The molecule has 0 spiro atoms. The van der Waals surface area contributed by atoms with Crippen LogP contribution in [0.1, 0.15) is 63.0 Å². The molecule has 3 aliphatic heterocycles. The third-order valence-corrected chi connectivity index (χ3v) is 11.5. The number of rotatable bonds is 8. The van der Waals surface area contributed by atoms with E-state index < -0.39 is 40.3 Å². The van der Waals surface area contributed by atoms with Crippen LogP contribution in [0.2, 0.25) is 5.02 Å². The molecule has 0 radical (unpaired) electrons. The average molecular weight is 641 g/mol. The van der Waals surface area contributed by atoms with E-state index in [4.69, 9.17) is 22.1 Å². The molecule has 3 unspecified atom stereocenters. The van der Waals surface area contributed by atoms with Crippen molar-refractivity contribution in [1.82, 2.24) is 9.62 Å². The number of hydrogen-bond acceptors (Lipinski definition) is 7. The van der Waals surface area contributed by atoms with E-state index >= 15 is 4.39 Å². The summed E-state index contributed by atoms with van der Waals surface area (Å²) in [5, 5.41) is 6.35. The first kappa shape index (κ1) is 32.6. The van der Waals surface area contributed by atoms with Crippen molar-refractivity contribution < 1.29 is 27.4 Å². The zero-order valence-corrected chi connectivity index (χ0v) is 26.2. The van der Waals surface area contributed by atoms with Crippen LogP contribution >= 0.6 is 22.4 Å². The van der Waals surface area contributed by atoms with Gasteiger partial charge in [-0.3, -0.25) is 13.9 Å². The van der Waals surface area contributed by atoms with Crippen LogP contribution in [0.3, 0.4) is 0 Å². The average Bonchev–Trinajstić information content (AvgIpc) is 3.06. The molecule has 2 aromatic carbocycles. The molecule has 3 fully saturated rings. The van der Waals surface area contributed by atoms with Crippen LogP contribution in [0, 0.1) is 17.6 Å². The molecule has 0 aliphatic carbocycles. The molecule has 0 saturated carbocycles. The summed E-state index contributed by atoms with van der Waals surface area (Å²) in [5.41, 5.74) is 7.89. The first-order valence-electron chi connectivity index (χ1n) is 15.1. The second-order valence-corrected chi connectivity index (χ2v) is 14.9. The van der Waals surface area contributed by atoms with Gasteiger partial charge in [-0.2, -0.15) is 0 Å². The Morgan fingerprint density at radius 1 is 1.21 bits per heavy atom. The number of ether oxygens (including phenoxy) is 1. The van der Waals surface area contributed by atoms with Crippen LogP contribution in [-0.2, 0) is 16.0 Å². The van der Waals surface area contributed by atoms with Crippen molar-refractivity contribution in [3.05, 3.63) is 64.2 Å². The minimum Gasteiger partial charge on any atom is -0.376 e. The van der Waals surface area contributed by atoms with Crippen LogP contribution < -0.4 is 16.4 Å². The van der Waals surface area contributed by atoms with Gasteiger partial charge in [0.25, 0.3) is 0 Å². The Balaban J connectivity index is 1.35. The molecule has 6 N–H and O–H groups in total. The van der Waals surface area contributed by atoms with Crippen LogP contribution in [0.4, 0.5) is 14.5 Å². The first-order valence-corrected chi connectivity index (χ1v) is 17.2. The maximum atomic E-state index is 15.2. The monoisotopic (exact) mass is 640 g/mol. The summed E-state index contributed by atoms with van der Waals surface area (Å²) in [6.45, 7) is 5.06. The van der Waals surface area contributed by atoms with Gasteiger partial charge in [0.15, 0.2) is 0 Å². The Bertz CT molecular complexity index is 1300. The van der Waals surface area contributed by atoms with Gasteiger partial charge in [-0.05, 0) is 88.1 Å². The van der Waals surface area contributed by atoms with Crippen molar-refractivity contribution in [2.45, 2.75) is 88.6 Å². The molecule has 3 heterocycles. The number of nitrogens with two attached hydrogens (primary N) is 1. The number of hydrogen-bond donors (Lipinski definition) is 5. The lowest BCUT2D eigenvalue weighted by atomic mass is 9.74. The summed E-state index contributed by atoms with van der Waals surface area (Å²) >= 11 is 5.96. The van der Waals surface area contributed by atoms with Gasteiger partial charge in [0.2, 0.25) is 5.91 Å². The first-order chi connectivity index (χ1) is 20.4. The van der Waals surface area contributed by atoms with Crippen molar-refractivity contribution in [3.63, 3.8) is 0 Å². The van der Waals surface area contributed by atoms with Crippen molar-refractivity contribution in [2.24, 2.45) is 11.7 Å². The fourth-order valence-electron chi connectivity index (χ4n) is 7.14. The molecule has 2 aromatic rings. The molecule has 12 heteroatoms. The molecule has 5 rings (SSSR count). The van der Waals surface area contributed by atoms with Gasteiger partial charge in [-0.1, -0.05) is 23.7 Å². The smallest absolute Gasteiger partial charge is 0.241 e. The minimum absolute atomic E-state index is 0.0104. The molecule has 8 nitrogen and oxygen atoms in total. The summed E-state index contributed by atoms with van der Waals surface area (Å²) in [4.78, 5) is 13.7. The molecule has 1 amide bonds. The third kappa shape index (κ3) is 7.53. The number of nitrogens with zero attached hydrogens (tertiary/aromatic N) is 1. The predicted octanol–water partition coefficient (Wildman–Crippen LogP) is 5.91. The highest BCUT2D eigenvalue weighted by Gasteiger charge is 2.39. The predicted molar refractivity (Wildman–Crippen MR) is 167 cm³/mol. The number of anilines is 1. The van der Waals surface area contributed by atoms with Gasteiger partial charge in [-0.15, -0.1) is 10.8 Å². The van der Waals surface area contributed by atoms with E-state index in [0.29, 0.717) is 54.9 Å². The molecule has 3 saturated heterocycles. The third-order valence-electron chi connectivity index (χ3n) is 9.16. The van der Waals surface area contributed by atoms with E-state index in [0.717, 1.165) is 12.8 Å². The molecule has 8 atom stereocenters. The van der Waals surface area contributed by atoms with Crippen molar-refractivity contribution in [1.29, 1.82) is 0 Å². The lowest BCUT2D eigenvalue weighted by molar-refractivity contribution is -0.119. The Morgan fingerprint density at radius 2 is 1.95 bits per heavy atom. The second kappa shape index (κ2) is 13.7. The topological polar surface area (TPSA) is 120 Å². The van der Waals surface area contributed by atoms with E-state index in [1.807, 2.05) is 13.8 Å². The molecular weight excluding hydrogens is 598 g/mol. The number of piperazine rings is 1. The zero-order chi connectivity index (χ0) is 30.9. The molecule has 43 heavy (non-hydrogen) atoms. The fraction of sp³-hybridized carbons (Fsp3) is 0.581. The summed E-state index contributed by atoms with van der Waals surface area (Å²) in [6, 6.07) is 8.02.